The number of azide groups is 1. The van der Waals surface area contributed by atoms with Gasteiger partial charge in [0, 0.05) is 11.5 Å². The molecule has 0 aromatic rings. The van der Waals surface area contributed by atoms with Crippen LogP contribution in [-0.2, 0) is 109 Å². The average molecular weight is 1080 g/mol. The van der Waals surface area contributed by atoms with E-state index in [0.29, 0.717) is 291 Å². The van der Waals surface area contributed by atoms with Gasteiger partial charge in [-0.1, -0.05) is 5.11 Å². The number of carboxylic acids is 1. The summed E-state index contributed by atoms with van der Waals surface area (Å²) in [7, 11) is 0. The Bertz CT molecular complexity index is 1040. The van der Waals surface area contributed by atoms with Crippen molar-refractivity contribution in [1.29, 1.82) is 0 Å². The predicted octanol–water partition coefficient (Wildman–Crippen LogP) is 1.14. The van der Waals surface area contributed by atoms with Crippen molar-refractivity contribution in [3.05, 3.63) is 10.4 Å². The van der Waals surface area contributed by atoms with E-state index in [1.807, 2.05) is 0 Å². The average Bonchev–Trinajstić information content (AvgIpc) is 3.40. The Labute approximate surface area is 438 Å². The first-order valence-corrected chi connectivity index (χ1v) is 25.7. The number of aliphatic carboxylic acids is 1. The molecule has 0 heterocycles. The monoisotopic (exact) mass is 1080 g/mol. The largest absolute Gasteiger partial charge is 0.481 e. The minimum Gasteiger partial charge on any atom is -0.481 e. The number of ether oxygens (including phenoxy) is 22. The summed E-state index contributed by atoms with van der Waals surface area (Å²) in [6.45, 7) is 20.7. The topological polar surface area (TPSA) is 289 Å². The number of nitrogens with zero attached hydrogens (tertiary/aromatic N) is 3. The molecular weight excluding hydrogens is 991 g/mol. The van der Waals surface area contributed by atoms with Crippen molar-refractivity contribution in [2.24, 2.45) is 5.11 Å². The second-order valence-corrected chi connectivity index (χ2v) is 14.6. The minimum atomic E-state index is -0.880. The van der Waals surface area contributed by atoms with Crippen LogP contribution in [0, 0.1) is 0 Å². The predicted molar refractivity (Wildman–Crippen MR) is 264 cm³/mol. The summed E-state index contributed by atoms with van der Waals surface area (Å²) in [6, 6.07) is 0. The fourth-order valence-electron chi connectivity index (χ4n) is 5.03. The van der Waals surface area contributed by atoms with Crippen LogP contribution >= 0.6 is 0 Å². The molecule has 0 aliphatic heterocycles. The van der Waals surface area contributed by atoms with Crippen molar-refractivity contribution in [2.45, 2.75) is 6.42 Å². The second kappa shape index (κ2) is 68.9. The van der Waals surface area contributed by atoms with E-state index in [9.17, 15) is 4.79 Å². The first-order valence-electron chi connectivity index (χ1n) is 25.7. The highest BCUT2D eigenvalue weighted by Gasteiger charge is 2.00. The van der Waals surface area contributed by atoms with E-state index >= 15 is 0 Å². The summed E-state index contributed by atoms with van der Waals surface area (Å²) >= 11 is 0. The van der Waals surface area contributed by atoms with Gasteiger partial charge in [0.05, 0.1) is 297 Å². The van der Waals surface area contributed by atoms with Crippen molar-refractivity contribution in [2.75, 3.05) is 297 Å². The molecule has 27 nitrogen and oxygen atoms in total. The van der Waals surface area contributed by atoms with Gasteiger partial charge in [-0.25, -0.2) is 0 Å². The van der Waals surface area contributed by atoms with Gasteiger partial charge < -0.3 is 109 Å². The van der Waals surface area contributed by atoms with Gasteiger partial charge >= 0.3 is 5.97 Å². The lowest BCUT2D eigenvalue weighted by Gasteiger charge is -2.09. The van der Waals surface area contributed by atoms with Crippen LogP contribution in [0.25, 0.3) is 10.4 Å². The fourth-order valence-corrected chi connectivity index (χ4v) is 5.03. The molecule has 1 N–H and O–H groups in total. The van der Waals surface area contributed by atoms with E-state index in [-0.39, 0.29) is 13.0 Å². The highest BCUT2D eigenvalue weighted by molar-refractivity contribution is 5.66. The lowest BCUT2D eigenvalue weighted by atomic mass is 10.5. The first-order chi connectivity index (χ1) is 36.8. The number of hydrogen-bond donors (Lipinski definition) is 1. The normalized spacial score (nSPS) is 11.5. The zero-order valence-corrected chi connectivity index (χ0v) is 44.2. The van der Waals surface area contributed by atoms with Crippen LogP contribution < -0.4 is 0 Å². The summed E-state index contributed by atoms with van der Waals surface area (Å²) in [5, 5.41) is 11.9. The maximum atomic E-state index is 10.4. The van der Waals surface area contributed by atoms with E-state index in [1.165, 1.54) is 0 Å². The molecule has 0 fully saturated rings. The van der Waals surface area contributed by atoms with Gasteiger partial charge in [0.15, 0.2) is 0 Å². The molecule has 0 amide bonds. The Kier molecular flexibility index (Phi) is 67.0. The van der Waals surface area contributed by atoms with Crippen LogP contribution in [0.1, 0.15) is 6.42 Å². The van der Waals surface area contributed by atoms with E-state index < -0.39 is 5.97 Å². The SMILES string of the molecule is [N-]=[N+]=NCCOCCOCCOCCOCCOCCOCCOCCOCCOCCOCCOCCOCCOCCOCCOCCOCCOCCOCCOCCOCCOCCOCCC(=O)O. The van der Waals surface area contributed by atoms with Crippen LogP contribution in [0.15, 0.2) is 5.11 Å². The maximum absolute atomic E-state index is 10.4. The molecule has 0 unspecified atom stereocenters. The van der Waals surface area contributed by atoms with Gasteiger partial charge in [-0.05, 0) is 5.53 Å². The van der Waals surface area contributed by atoms with Crippen LogP contribution in [0.3, 0.4) is 0 Å². The summed E-state index contributed by atoms with van der Waals surface area (Å²) in [4.78, 5) is 13.0. The Hall–Kier alpha value is -2.10. The number of hydrogen-bond acceptors (Lipinski definition) is 24. The van der Waals surface area contributed by atoms with Gasteiger partial charge in [-0.2, -0.15) is 0 Å². The Morgan fingerprint density at radius 3 is 0.486 bits per heavy atom. The van der Waals surface area contributed by atoms with Crippen LogP contribution in [0.5, 0.6) is 0 Å². The van der Waals surface area contributed by atoms with E-state index in [2.05, 4.69) is 10.0 Å². The van der Waals surface area contributed by atoms with Crippen molar-refractivity contribution < 1.29 is 114 Å². The summed E-state index contributed by atoms with van der Waals surface area (Å²) < 4.78 is 120. The van der Waals surface area contributed by atoms with Crippen LogP contribution in [0.2, 0.25) is 0 Å². The summed E-state index contributed by atoms with van der Waals surface area (Å²) in [6.07, 6.45) is -0.00996. The molecule has 0 radical (unpaired) electrons. The highest BCUT2D eigenvalue weighted by atomic mass is 16.6. The molecule has 0 bridgehead atoms. The molecule has 27 heteroatoms. The third kappa shape index (κ3) is 69.9. The number of carbonyl (C=O) groups is 1. The first kappa shape index (κ1) is 71.9. The zero-order valence-electron chi connectivity index (χ0n) is 44.2. The number of rotatable bonds is 69. The van der Waals surface area contributed by atoms with Crippen molar-refractivity contribution in [3.63, 3.8) is 0 Å². The molecule has 0 atom stereocenters. The van der Waals surface area contributed by atoms with Gasteiger partial charge in [-0.3, -0.25) is 4.79 Å². The molecular formula is C47H93N3O24. The molecule has 0 spiro atoms. The third-order valence-corrected chi connectivity index (χ3v) is 8.67. The Morgan fingerprint density at radius 1 is 0.243 bits per heavy atom. The molecule has 0 saturated carbocycles. The van der Waals surface area contributed by atoms with Crippen molar-refractivity contribution in [3.8, 4) is 0 Å². The molecule has 0 aromatic heterocycles. The van der Waals surface area contributed by atoms with Crippen LogP contribution in [0.4, 0.5) is 0 Å². The molecule has 0 saturated heterocycles. The maximum Gasteiger partial charge on any atom is 0.305 e. The Balaban J connectivity index is 3.08. The highest BCUT2D eigenvalue weighted by Crippen LogP contribution is 1.91. The van der Waals surface area contributed by atoms with Crippen molar-refractivity contribution >= 4 is 5.97 Å². The lowest BCUT2D eigenvalue weighted by molar-refractivity contribution is -0.138. The fraction of sp³-hybridized carbons (Fsp3) is 0.979. The zero-order chi connectivity index (χ0) is 53.1. The van der Waals surface area contributed by atoms with Crippen molar-refractivity contribution in [1.82, 2.24) is 0 Å². The third-order valence-electron chi connectivity index (χ3n) is 8.67. The molecule has 0 rings (SSSR count). The second-order valence-electron chi connectivity index (χ2n) is 14.6. The van der Waals surface area contributed by atoms with E-state index in [1.54, 1.807) is 0 Å². The Morgan fingerprint density at radius 2 is 0.365 bits per heavy atom. The summed E-state index contributed by atoms with van der Waals surface area (Å²) in [5.74, 6) is -0.880. The number of carboxylic acid groups (broad SMARTS) is 1. The quantitative estimate of drug-likeness (QED) is 0.0387. The van der Waals surface area contributed by atoms with E-state index in [4.69, 9.17) is 115 Å². The van der Waals surface area contributed by atoms with Gasteiger partial charge in [0.1, 0.15) is 0 Å². The molecule has 440 valence electrons. The van der Waals surface area contributed by atoms with Gasteiger partial charge in [0.25, 0.3) is 0 Å². The molecule has 0 aliphatic carbocycles. The smallest absolute Gasteiger partial charge is 0.305 e. The van der Waals surface area contributed by atoms with E-state index in [0.717, 1.165) is 0 Å². The van der Waals surface area contributed by atoms with Gasteiger partial charge in [0.2, 0.25) is 0 Å². The summed E-state index contributed by atoms with van der Waals surface area (Å²) in [5.41, 5.74) is 8.16. The van der Waals surface area contributed by atoms with Crippen LogP contribution in [-0.4, -0.2) is 308 Å². The van der Waals surface area contributed by atoms with Gasteiger partial charge in [-0.15, -0.1) is 0 Å². The molecule has 0 aliphatic rings. The molecule has 74 heavy (non-hydrogen) atoms. The molecule has 0 aromatic carbocycles. The lowest BCUT2D eigenvalue weighted by Crippen LogP contribution is -2.16. The minimum absolute atomic E-state index is 0.00996. The standard InChI is InChI=1S/C47H93N3O24/c48-50-49-2-4-54-6-8-56-10-12-58-14-16-60-18-20-62-22-24-64-26-28-66-30-32-68-34-36-70-38-40-72-42-44-74-46-45-73-43-41-71-39-37-69-35-33-67-31-29-65-27-25-63-23-21-61-19-17-59-15-13-57-11-9-55-7-5-53-3-1-47(51)52/h1-46H2,(H,51,52).